The summed E-state index contributed by atoms with van der Waals surface area (Å²) in [4.78, 5) is 3.05. The highest BCUT2D eigenvalue weighted by Crippen LogP contribution is 2.23. The molecular weight excluding hydrogens is 158 g/mol. The first kappa shape index (κ1) is 7.87. The molecule has 1 aromatic carbocycles. The quantitative estimate of drug-likeness (QED) is 0.709. The minimum atomic E-state index is 1.17. The summed E-state index contributed by atoms with van der Waals surface area (Å²) in [5, 5.41) is 0. The van der Waals surface area contributed by atoms with Crippen molar-refractivity contribution in [3.8, 4) is 11.1 Å². The van der Waals surface area contributed by atoms with Gasteiger partial charge in [0.1, 0.15) is 0 Å². The highest BCUT2D eigenvalue weighted by molar-refractivity contribution is 5.74. The predicted octanol–water partition coefficient (Wildman–Crippen LogP) is 3.32. The van der Waals surface area contributed by atoms with E-state index in [1.54, 1.807) is 0 Å². The Balaban J connectivity index is 2.57. The second-order valence-electron chi connectivity index (χ2n) is 2.89. The third-order valence-corrected chi connectivity index (χ3v) is 2.09. The van der Waals surface area contributed by atoms with Crippen molar-refractivity contribution >= 4 is 6.08 Å². The lowest BCUT2D eigenvalue weighted by Crippen LogP contribution is -1.78. The van der Waals surface area contributed by atoms with Crippen molar-refractivity contribution < 1.29 is 0 Å². The van der Waals surface area contributed by atoms with E-state index in [0.29, 0.717) is 0 Å². The van der Waals surface area contributed by atoms with Gasteiger partial charge in [-0.1, -0.05) is 36.9 Å². The Morgan fingerprint density at radius 1 is 1.15 bits per heavy atom. The lowest BCUT2D eigenvalue weighted by atomic mass is 10.0. The van der Waals surface area contributed by atoms with Gasteiger partial charge in [-0.25, -0.2) is 0 Å². The highest BCUT2D eigenvalue weighted by Gasteiger charge is 2.00. The Morgan fingerprint density at radius 3 is 2.69 bits per heavy atom. The molecule has 0 spiro atoms. The molecule has 0 aliphatic rings. The standard InChI is InChI=1S/C12H11N/c1-2-10-5-3-4-6-12(10)11-7-8-13-9-11/h2-9,13H,1H2. The summed E-state index contributed by atoms with van der Waals surface area (Å²) in [5.74, 6) is 0. The van der Waals surface area contributed by atoms with Crippen LogP contribution in [0.5, 0.6) is 0 Å². The molecular formula is C12H11N. The van der Waals surface area contributed by atoms with Gasteiger partial charge in [-0.2, -0.15) is 0 Å². The lowest BCUT2D eigenvalue weighted by Gasteiger charge is -2.01. The molecule has 1 heterocycles. The van der Waals surface area contributed by atoms with Crippen molar-refractivity contribution in [2.45, 2.75) is 0 Å². The van der Waals surface area contributed by atoms with E-state index in [9.17, 15) is 0 Å². The van der Waals surface area contributed by atoms with Crippen molar-refractivity contribution in [1.29, 1.82) is 0 Å². The molecule has 0 fully saturated rings. The van der Waals surface area contributed by atoms with E-state index in [0.717, 1.165) is 0 Å². The number of nitrogens with one attached hydrogen (secondary N) is 1. The fraction of sp³-hybridized carbons (Fsp3) is 0. The number of H-pyrrole nitrogens is 1. The van der Waals surface area contributed by atoms with Gasteiger partial charge in [0.15, 0.2) is 0 Å². The predicted molar refractivity (Wildman–Crippen MR) is 56.3 cm³/mol. The number of hydrogen-bond donors (Lipinski definition) is 1. The van der Waals surface area contributed by atoms with E-state index in [2.05, 4.69) is 29.8 Å². The molecule has 1 N–H and O–H groups in total. The first-order chi connectivity index (χ1) is 6.42. The molecule has 2 aromatic rings. The second kappa shape index (κ2) is 3.31. The zero-order chi connectivity index (χ0) is 9.10. The summed E-state index contributed by atoms with van der Waals surface area (Å²) in [6, 6.07) is 10.3. The molecule has 64 valence electrons. The van der Waals surface area contributed by atoms with Crippen molar-refractivity contribution in [2.75, 3.05) is 0 Å². The molecule has 1 nitrogen and oxygen atoms in total. The van der Waals surface area contributed by atoms with Crippen LogP contribution in [-0.4, -0.2) is 4.98 Å². The average Bonchev–Trinajstić information content (AvgIpc) is 2.70. The van der Waals surface area contributed by atoms with Crippen molar-refractivity contribution in [3.63, 3.8) is 0 Å². The second-order valence-corrected chi connectivity index (χ2v) is 2.89. The zero-order valence-corrected chi connectivity index (χ0v) is 7.33. The molecule has 1 heteroatoms. The topological polar surface area (TPSA) is 15.8 Å². The van der Waals surface area contributed by atoms with Crippen LogP contribution < -0.4 is 0 Å². The Labute approximate surface area is 77.7 Å². The molecule has 1 aromatic heterocycles. The Bertz CT molecular complexity index is 399. The first-order valence-electron chi connectivity index (χ1n) is 4.26. The fourth-order valence-electron chi connectivity index (χ4n) is 1.43. The molecule has 0 amide bonds. The third-order valence-electron chi connectivity index (χ3n) is 2.09. The summed E-state index contributed by atoms with van der Waals surface area (Å²) >= 11 is 0. The van der Waals surface area contributed by atoms with Crippen LogP contribution in [0.4, 0.5) is 0 Å². The molecule has 0 aliphatic heterocycles. The van der Waals surface area contributed by atoms with Gasteiger partial charge in [0.25, 0.3) is 0 Å². The monoisotopic (exact) mass is 169 g/mol. The minimum absolute atomic E-state index is 1.17. The van der Waals surface area contributed by atoms with Gasteiger partial charge in [-0.05, 0) is 22.8 Å². The van der Waals surface area contributed by atoms with E-state index < -0.39 is 0 Å². The van der Waals surface area contributed by atoms with Gasteiger partial charge in [0.2, 0.25) is 0 Å². The van der Waals surface area contributed by atoms with Crippen LogP contribution in [0.25, 0.3) is 17.2 Å². The summed E-state index contributed by atoms with van der Waals surface area (Å²) < 4.78 is 0. The molecule has 0 bridgehead atoms. The van der Waals surface area contributed by atoms with E-state index in [-0.39, 0.29) is 0 Å². The highest BCUT2D eigenvalue weighted by atomic mass is 14.6. The van der Waals surface area contributed by atoms with Gasteiger partial charge >= 0.3 is 0 Å². The number of benzene rings is 1. The van der Waals surface area contributed by atoms with Crippen LogP contribution in [0.1, 0.15) is 5.56 Å². The Morgan fingerprint density at radius 2 is 2.00 bits per heavy atom. The lowest BCUT2D eigenvalue weighted by molar-refractivity contribution is 1.41. The summed E-state index contributed by atoms with van der Waals surface area (Å²) in [6.45, 7) is 3.79. The SMILES string of the molecule is C=Cc1ccccc1-c1cc[nH]c1. The van der Waals surface area contributed by atoms with E-state index in [4.69, 9.17) is 0 Å². The summed E-state index contributed by atoms with van der Waals surface area (Å²) in [6.07, 6.45) is 5.79. The Hall–Kier alpha value is -1.76. The van der Waals surface area contributed by atoms with Crippen LogP contribution in [-0.2, 0) is 0 Å². The summed E-state index contributed by atoms with van der Waals surface area (Å²) in [5.41, 5.74) is 3.59. The minimum Gasteiger partial charge on any atom is -0.367 e. The average molecular weight is 169 g/mol. The maximum Gasteiger partial charge on any atom is 0.00843 e. The van der Waals surface area contributed by atoms with Crippen molar-refractivity contribution in [1.82, 2.24) is 4.98 Å². The third kappa shape index (κ3) is 1.41. The number of hydrogen-bond acceptors (Lipinski definition) is 0. The van der Waals surface area contributed by atoms with Crippen LogP contribution >= 0.6 is 0 Å². The smallest absolute Gasteiger partial charge is 0.00843 e. The summed E-state index contributed by atoms with van der Waals surface area (Å²) in [7, 11) is 0. The van der Waals surface area contributed by atoms with Gasteiger partial charge in [-0.3, -0.25) is 0 Å². The van der Waals surface area contributed by atoms with Crippen LogP contribution in [0.2, 0.25) is 0 Å². The van der Waals surface area contributed by atoms with Gasteiger partial charge in [-0.15, -0.1) is 0 Å². The largest absolute Gasteiger partial charge is 0.367 e. The van der Waals surface area contributed by atoms with E-state index in [1.165, 1.54) is 16.7 Å². The maximum atomic E-state index is 3.79. The maximum absolute atomic E-state index is 3.79. The van der Waals surface area contributed by atoms with Crippen molar-refractivity contribution in [2.24, 2.45) is 0 Å². The molecule has 0 saturated carbocycles. The Kier molecular flexibility index (Phi) is 2.01. The normalized spacial score (nSPS) is 9.85. The molecule has 0 atom stereocenters. The van der Waals surface area contributed by atoms with Crippen LogP contribution in [0, 0.1) is 0 Å². The van der Waals surface area contributed by atoms with Gasteiger partial charge < -0.3 is 4.98 Å². The molecule has 13 heavy (non-hydrogen) atoms. The fourth-order valence-corrected chi connectivity index (χ4v) is 1.43. The molecule has 0 unspecified atom stereocenters. The van der Waals surface area contributed by atoms with Crippen LogP contribution in [0.3, 0.4) is 0 Å². The molecule has 0 saturated heterocycles. The number of aromatic nitrogens is 1. The van der Waals surface area contributed by atoms with E-state index in [1.807, 2.05) is 30.6 Å². The number of rotatable bonds is 2. The van der Waals surface area contributed by atoms with Gasteiger partial charge in [0.05, 0.1) is 0 Å². The number of aromatic amines is 1. The van der Waals surface area contributed by atoms with E-state index >= 15 is 0 Å². The van der Waals surface area contributed by atoms with Gasteiger partial charge in [0, 0.05) is 12.4 Å². The molecule has 0 radical (unpaired) electrons. The molecule has 2 rings (SSSR count). The van der Waals surface area contributed by atoms with Crippen molar-refractivity contribution in [3.05, 3.63) is 54.9 Å². The zero-order valence-electron chi connectivity index (χ0n) is 7.33. The molecule has 0 aliphatic carbocycles. The first-order valence-corrected chi connectivity index (χ1v) is 4.26. The van der Waals surface area contributed by atoms with Crippen LogP contribution in [0.15, 0.2) is 49.3 Å².